The molecule has 0 saturated carbocycles. The quantitative estimate of drug-likeness (QED) is 0.717. The van der Waals surface area contributed by atoms with Crippen LogP contribution in [-0.2, 0) is 9.53 Å². The average molecular weight is 387 g/mol. The summed E-state index contributed by atoms with van der Waals surface area (Å²) in [7, 11) is 0. The number of ether oxygens (including phenoxy) is 1. The minimum absolute atomic E-state index is 0.162. The molecule has 5 heteroatoms. The van der Waals surface area contributed by atoms with E-state index in [1.165, 1.54) is 0 Å². The largest absolute Gasteiger partial charge is 0.466 e. The van der Waals surface area contributed by atoms with Crippen LogP contribution in [0, 0.1) is 0 Å². The van der Waals surface area contributed by atoms with Gasteiger partial charge in [0.1, 0.15) is 0 Å². The molecule has 4 nitrogen and oxygen atoms in total. The molecule has 0 N–H and O–H groups in total. The summed E-state index contributed by atoms with van der Waals surface area (Å²) >= 11 is 3.53. The normalized spacial score (nSPS) is 14.8. The second-order valence-electron chi connectivity index (χ2n) is 5.53. The van der Waals surface area contributed by atoms with E-state index in [0.29, 0.717) is 26.1 Å². The number of anilines is 1. The first-order valence-electron chi connectivity index (χ1n) is 8.00. The van der Waals surface area contributed by atoms with E-state index >= 15 is 0 Å². The number of para-hydroxylation sites is 1. The molecule has 0 bridgehead atoms. The Hall–Kier alpha value is -2.14. The van der Waals surface area contributed by atoms with Gasteiger partial charge >= 0.3 is 5.97 Å². The number of esters is 1. The highest BCUT2D eigenvalue weighted by Gasteiger charge is 2.25. The summed E-state index contributed by atoms with van der Waals surface area (Å²) in [6.45, 7) is 3.57. The maximum Gasteiger partial charge on any atom is 0.307 e. The molecule has 124 valence electrons. The lowest BCUT2D eigenvalue weighted by Crippen LogP contribution is -2.26. The topological polar surface area (TPSA) is 41.9 Å². The van der Waals surface area contributed by atoms with Crippen molar-refractivity contribution in [1.82, 2.24) is 0 Å². The first kappa shape index (κ1) is 16.7. The molecule has 2 aromatic rings. The summed E-state index contributed by atoms with van der Waals surface area (Å²) in [5.41, 5.74) is 4.17. The van der Waals surface area contributed by atoms with Crippen LogP contribution in [0.1, 0.15) is 18.9 Å². The molecule has 1 aliphatic rings. The van der Waals surface area contributed by atoms with Gasteiger partial charge in [0.15, 0.2) is 0 Å². The zero-order valence-corrected chi connectivity index (χ0v) is 15.1. The number of hydrogen-bond acceptors (Lipinski definition) is 4. The molecule has 0 amide bonds. The highest BCUT2D eigenvalue weighted by Crippen LogP contribution is 2.32. The van der Waals surface area contributed by atoms with Crippen LogP contribution < -0.4 is 4.90 Å². The molecular formula is C19H19BrN2O2. The average Bonchev–Trinajstić information content (AvgIpc) is 2.91. The van der Waals surface area contributed by atoms with E-state index in [9.17, 15) is 4.79 Å². The van der Waals surface area contributed by atoms with E-state index in [2.05, 4.69) is 33.0 Å². The van der Waals surface area contributed by atoms with Gasteiger partial charge in [-0.25, -0.2) is 0 Å². The Balaban J connectivity index is 1.85. The Kier molecular flexibility index (Phi) is 5.30. The van der Waals surface area contributed by atoms with Crippen LogP contribution in [0.25, 0.3) is 0 Å². The molecule has 0 aliphatic carbocycles. The van der Waals surface area contributed by atoms with Gasteiger partial charge in [0.25, 0.3) is 0 Å². The van der Waals surface area contributed by atoms with Crippen molar-refractivity contribution in [2.45, 2.75) is 13.3 Å². The van der Waals surface area contributed by atoms with E-state index in [0.717, 1.165) is 27.1 Å². The van der Waals surface area contributed by atoms with Crippen LogP contribution in [0.2, 0.25) is 0 Å². The predicted octanol–water partition coefficient (Wildman–Crippen LogP) is 4.34. The molecule has 0 atom stereocenters. The summed E-state index contributed by atoms with van der Waals surface area (Å²) in [6.07, 6.45) is 0.377. The summed E-state index contributed by atoms with van der Waals surface area (Å²) in [6, 6.07) is 16.1. The maximum atomic E-state index is 11.7. The standard InChI is InChI=1S/C19H19BrN2O2/c1-2-24-19(23)10-11-22-13-17(21-15-6-4-3-5-7-15)16-12-14(20)8-9-18(16)22/h3-9,12H,2,10-11,13H2,1H3. The summed E-state index contributed by atoms with van der Waals surface area (Å²) in [5.74, 6) is -0.162. The highest BCUT2D eigenvalue weighted by atomic mass is 79.9. The number of hydrogen-bond donors (Lipinski definition) is 0. The van der Waals surface area contributed by atoms with Crippen LogP contribution in [0.4, 0.5) is 11.4 Å². The number of aliphatic imine (C=N–C) groups is 1. The number of rotatable bonds is 5. The molecule has 1 heterocycles. The van der Waals surface area contributed by atoms with Gasteiger partial charge in [-0.1, -0.05) is 34.1 Å². The third-order valence-electron chi connectivity index (χ3n) is 3.86. The van der Waals surface area contributed by atoms with E-state index in [1.807, 2.05) is 43.3 Å². The van der Waals surface area contributed by atoms with Crippen LogP contribution >= 0.6 is 15.9 Å². The molecule has 3 rings (SSSR count). The zero-order valence-electron chi connectivity index (χ0n) is 13.5. The van der Waals surface area contributed by atoms with Crippen LogP contribution in [0.15, 0.2) is 58.0 Å². The minimum atomic E-state index is -0.162. The molecule has 1 aliphatic heterocycles. The van der Waals surface area contributed by atoms with E-state index < -0.39 is 0 Å². The van der Waals surface area contributed by atoms with Gasteiger partial charge in [0, 0.05) is 22.3 Å². The molecule has 0 radical (unpaired) electrons. The predicted molar refractivity (Wildman–Crippen MR) is 100 cm³/mol. The highest BCUT2D eigenvalue weighted by molar-refractivity contribution is 9.10. The zero-order chi connectivity index (χ0) is 16.9. The summed E-state index contributed by atoms with van der Waals surface area (Å²) < 4.78 is 6.05. The van der Waals surface area contributed by atoms with Crippen molar-refractivity contribution < 1.29 is 9.53 Å². The lowest BCUT2D eigenvalue weighted by Gasteiger charge is -2.18. The van der Waals surface area contributed by atoms with Crippen molar-refractivity contribution in [3.05, 3.63) is 58.6 Å². The SMILES string of the molecule is CCOC(=O)CCN1CC(=Nc2ccccc2)c2cc(Br)ccc21. The van der Waals surface area contributed by atoms with Crippen LogP contribution in [0.3, 0.4) is 0 Å². The number of benzene rings is 2. The van der Waals surface area contributed by atoms with Gasteiger partial charge in [-0.15, -0.1) is 0 Å². The fourth-order valence-corrected chi connectivity index (χ4v) is 3.14. The van der Waals surface area contributed by atoms with Crippen LogP contribution in [-0.4, -0.2) is 31.4 Å². The Bertz CT molecular complexity index is 759. The number of nitrogens with zero attached hydrogens (tertiary/aromatic N) is 2. The maximum absolute atomic E-state index is 11.7. The van der Waals surface area contributed by atoms with Gasteiger partial charge in [-0.3, -0.25) is 9.79 Å². The number of carbonyl (C=O) groups excluding carboxylic acids is 1. The monoisotopic (exact) mass is 386 g/mol. The van der Waals surface area contributed by atoms with Gasteiger partial charge in [-0.05, 0) is 37.3 Å². The number of halogens is 1. The van der Waals surface area contributed by atoms with Crippen molar-refractivity contribution in [3.63, 3.8) is 0 Å². The third-order valence-corrected chi connectivity index (χ3v) is 4.36. The minimum Gasteiger partial charge on any atom is -0.466 e. The van der Waals surface area contributed by atoms with Gasteiger partial charge in [0.05, 0.1) is 31.0 Å². The van der Waals surface area contributed by atoms with Crippen LogP contribution in [0.5, 0.6) is 0 Å². The van der Waals surface area contributed by atoms with E-state index in [-0.39, 0.29) is 5.97 Å². The lowest BCUT2D eigenvalue weighted by molar-refractivity contribution is -0.142. The molecule has 24 heavy (non-hydrogen) atoms. The molecule has 0 aromatic heterocycles. The molecule has 0 saturated heterocycles. The molecule has 0 spiro atoms. The van der Waals surface area contributed by atoms with Gasteiger partial charge < -0.3 is 9.64 Å². The van der Waals surface area contributed by atoms with Crippen molar-refractivity contribution >= 4 is 39.0 Å². The molecule has 0 fully saturated rings. The smallest absolute Gasteiger partial charge is 0.307 e. The van der Waals surface area contributed by atoms with Crippen molar-refractivity contribution in [2.24, 2.45) is 4.99 Å². The van der Waals surface area contributed by atoms with E-state index in [1.54, 1.807) is 0 Å². The Labute approximate surface area is 150 Å². The Morgan fingerprint density at radius 2 is 2.04 bits per heavy atom. The molecule has 2 aromatic carbocycles. The molecular weight excluding hydrogens is 368 g/mol. The molecule has 0 unspecified atom stereocenters. The fourth-order valence-electron chi connectivity index (χ4n) is 2.78. The van der Waals surface area contributed by atoms with Crippen molar-refractivity contribution in [2.75, 3.05) is 24.6 Å². The first-order chi connectivity index (χ1) is 11.7. The number of fused-ring (bicyclic) bond motifs is 1. The lowest BCUT2D eigenvalue weighted by atomic mass is 10.1. The second-order valence-corrected chi connectivity index (χ2v) is 6.45. The fraction of sp³-hybridized carbons (Fsp3) is 0.263. The van der Waals surface area contributed by atoms with E-state index in [4.69, 9.17) is 9.73 Å². The van der Waals surface area contributed by atoms with Gasteiger partial charge in [-0.2, -0.15) is 0 Å². The van der Waals surface area contributed by atoms with Gasteiger partial charge in [0.2, 0.25) is 0 Å². The summed E-state index contributed by atoms with van der Waals surface area (Å²) in [5, 5.41) is 0. The second kappa shape index (κ2) is 7.62. The third kappa shape index (κ3) is 3.85. The first-order valence-corrected chi connectivity index (χ1v) is 8.80. The summed E-state index contributed by atoms with van der Waals surface area (Å²) in [4.78, 5) is 18.6. The van der Waals surface area contributed by atoms with Crippen molar-refractivity contribution in [3.8, 4) is 0 Å². The Morgan fingerprint density at radius 3 is 2.79 bits per heavy atom. The van der Waals surface area contributed by atoms with Crippen molar-refractivity contribution in [1.29, 1.82) is 0 Å². The Morgan fingerprint density at radius 1 is 1.25 bits per heavy atom. The number of carbonyl (C=O) groups is 1.